The Morgan fingerprint density at radius 3 is 2.68 bits per heavy atom. The van der Waals surface area contributed by atoms with Crippen LogP contribution in [0.15, 0.2) is 48.5 Å². The first-order valence-electron chi connectivity index (χ1n) is 12.0. The Morgan fingerprint density at radius 1 is 1.15 bits per heavy atom. The fraction of sp³-hybridized carbons (Fsp3) is 0.407. The summed E-state index contributed by atoms with van der Waals surface area (Å²) < 4.78 is 11.1. The number of piperazine rings is 1. The van der Waals surface area contributed by atoms with E-state index in [4.69, 9.17) is 9.47 Å². The number of hydrogen-bond acceptors (Lipinski definition) is 4. The number of hydrogen-bond donors (Lipinski definition) is 1. The summed E-state index contributed by atoms with van der Waals surface area (Å²) in [6.45, 7) is 3.63. The van der Waals surface area contributed by atoms with Crippen molar-refractivity contribution in [3.63, 3.8) is 0 Å². The first kappa shape index (κ1) is 21.2. The molecule has 2 amide bonds. The number of fused-ring (bicyclic) bond motifs is 5. The molecule has 176 valence electrons. The molecular formula is C27H29N3O4. The number of carbonyl (C=O) groups excluding carboxylic acids is 2. The molecule has 3 aliphatic heterocycles. The molecule has 7 heteroatoms. The second-order valence-corrected chi connectivity index (χ2v) is 9.68. The van der Waals surface area contributed by atoms with Crippen LogP contribution in [0.5, 0.6) is 5.75 Å². The van der Waals surface area contributed by atoms with Crippen molar-refractivity contribution in [2.75, 3.05) is 33.4 Å². The van der Waals surface area contributed by atoms with Gasteiger partial charge in [0, 0.05) is 36.5 Å². The molecule has 0 saturated carbocycles. The third-order valence-electron chi connectivity index (χ3n) is 7.78. The molecule has 1 N–H and O–H groups in total. The molecule has 4 heterocycles. The fourth-order valence-corrected chi connectivity index (χ4v) is 5.99. The summed E-state index contributed by atoms with van der Waals surface area (Å²) in [4.78, 5) is 34.6. The zero-order valence-corrected chi connectivity index (χ0v) is 19.5. The number of H-pyrrole nitrogens is 1. The van der Waals surface area contributed by atoms with E-state index in [0.717, 1.165) is 52.9 Å². The lowest BCUT2D eigenvalue weighted by Crippen LogP contribution is -2.68. The zero-order chi connectivity index (χ0) is 23.4. The molecule has 6 rings (SSSR count). The Hall–Kier alpha value is -3.32. The van der Waals surface area contributed by atoms with Gasteiger partial charge in [0.25, 0.3) is 5.91 Å². The normalized spacial score (nSPS) is 26.6. The van der Waals surface area contributed by atoms with Gasteiger partial charge in [-0.15, -0.1) is 0 Å². The number of nitrogens with zero attached hydrogens (tertiary/aromatic N) is 2. The Balaban J connectivity index is 1.49. The summed E-state index contributed by atoms with van der Waals surface area (Å²) in [6, 6.07) is 16.1. The number of para-hydroxylation sites is 1. The fourth-order valence-electron chi connectivity index (χ4n) is 5.99. The number of aromatic nitrogens is 1. The number of nitrogens with one attached hydrogen (secondary N) is 1. The van der Waals surface area contributed by atoms with E-state index in [1.807, 2.05) is 37.3 Å². The molecule has 3 aliphatic rings. The molecule has 1 aromatic heterocycles. The van der Waals surface area contributed by atoms with Gasteiger partial charge in [-0.2, -0.15) is 0 Å². The number of amides is 2. The van der Waals surface area contributed by atoms with E-state index in [-0.39, 0.29) is 30.4 Å². The highest BCUT2D eigenvalue weighted by Gasteiger charge is 2.56. The highest BCUT2D eigenvalue weighted by Crippen LogP contribution is 2.48. The maximum Gasteiger partial charge on any atom is 0.255 e. The molecule has 0 bridgehead atoms. The second kappa shape index (κ2) is 7.87. The number of aromatic amines is 1. The van der Waals surface area contributed by atoms with Gasteiger partial charge in [0.05, 0.1) is 25.5 Å². The number of methoxy groups -OCH3 is 1. The minimum Gasteiger partial charge on any atom is -0.497 e. The van der Waals surface area contributed by atoms with Crippen LogP contribution >= 0.6 is 0 Å². The second-order valence-electron chi connectivity index (χ2n) is 9.68. The van der Waals surface area contributed by atoms with E-state index in [9.17, 15) is 9.59 Å². The molecule has 2 saturated heterocycles. The van der Waals surface area contributed by atoms with Crippen LogP contribution in [-0.4, -0.2) is 66.1 Å². The van der Waals surface area contributed by atoms with Crippen LogP contribution in [0.1, 0.15) is 42.5 Å². The Morgan fingerprint density at radius 2 is 1.94 bits per heavy atom. The molecule has 0 radical (unpaired) electrons. The van der Waals surface area contributed by atoms with Crippen LogP contribution < -0.4 is 4.74 Å². The van der Waals surface area contributed by atoms with Crippen LogP contribution in [0, 0.1) is 0 Å². The summed E-state index contributed by atoms with van der Waals surface area (Å²) in [7, 11) is 1.65. The van der Waals surface area contributed by atoms with E-state index in [0.29, 0.717) is 13.1 Å². The van der Waals surface area contributed by atoms with Gasteiger partial charge >= 0.3 is 0 Å². The number of ether oxygens (including phenoxy) is 2. The molecule has 3 atom stereocenters. The minimum atomic E-state index is -1.08. The van der Waals surface area contributed by atoms with Crippen LogP contribution in [0.25, 0.3) is 10.9 Å². The highest BCUT2D eigenvalue weighted by atomic mass is 16.5. The van der Waals surface area contributed by atoms with Gasteiger partial charge in [-0.25, -0.2) is 0 Å². The molecule has 34 heavy (non-hydrogen) atoms. The lowest BCUT2D eigenvalue weighted by atomic mass is 9.76. The lowest BCUT2D eigenvalue weighted by Gasteiger charge is -2.51. The van der Waals surface area contributed by atoms with E-state index in [1.54, 1.807) is 16.9 Å². The summed E-state index contributed by atoms with van der Waals surface area (Å²) in [6.07, 6.45) is 1.93. The number of carbonyl (C=O) groups is 2. The molecule has 2 aromatic carbocycles. The Labute approximate surface area is 198 Å². The highest BCUT2D eigenvalue weighted by molar-refractivity contribution is 6.01. The van der Waals surface area contributed by atoms with E-state index in [1.165, 1.54) is 0 Å². The largest absolute Gasteiger partial charge is 0.497 e. The Bertz CT molecular complexity index is 1260. The molecule has 2 fully saturated rings. The summed E-state index contributed by atoms with van der Waals surface area (Å²) in [5, 5.41) is 1.09. The zero-order valence-electron chi connectivity index (χ0n) is 19.5. The van der Waals surface area contributed by atoms with Crippen molar-refractivity contribution in [1.82, 2.24) is 14.8 Å². The first-order valence-corrected chi connectivity index (χ1v) is 12.0. The molecule has 2 unspecified atom stereocenters. The molecular weight excluding hydrogens is 430 g/mol. The van der Waals surface area contributed by atoms with E-state index >= 15 is 0 Å². The van der Waals surface area contributed by atoms with Gasteiger partial charge in [0.15, 0.2) is 5.54 Å². The lowest BCUT2D eigenvalue weighted by molar-refractivity contribution is -0.167. The van der Waals surface area contributed by atoms with Crippen molar-refractivity contribution >= 4 is 22.7 Å². The van der Waals surface area contributed by atoms with Gasteiger partial charge in [-0.3, -0.25) is 9.59 Å². The SMILES string of the molecule is COc1ccc(C2CN3C(=O)CN(CC4CCCO4)C(=O)[C@]3(C)c3[nH]c4ccccc4c32)cc1. The molecule has 0 aliphatic carbocycles. The van der Waals surface area contributed by atoms with Crippen molar-refractivity contribution in [3.05, 3.63) is 65.4 Å². The van der Waals surface area contributed by atoms with Gasteiger partial charge in [-0.05, 0) is 49.1 Å². The number of rotatable bonds is 4. The topological polar surface area (TPSA) is 74.9 Å². The average molecular weight is 460 g/mol. The first-order chi connectivity index (χ1) is 16.5. The van der Waals surface area contributed by atoms with E-state index in [2.05, 4.69) is 23.2 Å². The van der Waals surface area contributed by atoms with Gasteiger partial charge in [-0.1, -0.05) is 30.3 Å². The quantitative estimate of drug-likeness (QED) is 0.649. The van der Waals surface area contributed by atoms with Gasteiger partial charge < -0.3 is 24.3 Å². The van der Waals surface area contributed by atoms with Crippen molar-refractivity contribution in [2.24, 2.45) is 0 Å². The minimum absolute atomic E-state index is 0.00437. The van der Waals surface area contributed by atoms with Gasteiger partial charge in [0.2, 0.25) is 5.91 Å². The predicted octanol–water partition coefficient (Wildman–Crippen LogP) is 3.39. The monoisotopic (exact) mass is 459 g/mol. The van der Waals surface area contributed by atoms with Crippen LogP contribution in [0.4, 0.5) is 0 Å². The maximum absolute atomic E-state index is 14.0. The van der Waals surface area contributed by atoms with Crippen molar-refractivity contribution in [2.45, 2.75) is 37.3 Å². The third-order valence-corrected chi connectivity index (χ3v) is 7.78. The van der Waals surface area contributed by atoms with E-state index < -0.39 is 5.54 Å². The van der Waals surface area contributed by atoms with Crippen LogP contribution in [-0.2, 0) is 19.9 Å². The summed E-state index contributed by atoms with van der Waals surface area (Å²) in [5.41, 5.74) is 2.91. The smallest absolute Gasteiger partial charge is 0.255 e. The van der Waals surface area contributed by atoms with Crippen LogP contribution in [0.2, 0.25) is 0 Å². The van der Waals surface area contributed by atoms with Crippen molar-refractivity contribution in [1.29, 1.82) is 0 Å². The standard InChI is InChI=1S/C27H29N3O4/c1-27-25-24(20-7-3-4-8-22(20)28-25)21(17-9-11-18(33-2)12-10-17)15-30(27)23(31)16-29(26(27)32)14-19-6-5-13-34-19/h3-4,7-12,19,21,28H,5-6,13-16H2,1-2H3/t19?,21?,27-/m0/s1. The van der Waals surface area contributed by atoms with Crippen molar-refractivity contribution in [3.8, 4) is 5.75 Å². The molecule has 0 spiro atoms. The third kappa shape index (κ3) is 3.06. The number of benzene rings is 2. The van der Waals surface area contributed by atoms with Crippen molar-refractivity contribution < 1.29 is 19.1 Å². The maximum atomic E-state index is 14.0. The van der Waals surface area contributed by atoms with Gasteiger partial charge in [0.1, 0.15) is 5.75 Å². The summed E-state index contributed by atoms with van der Waals surface area (Å²) in [5.74, 6) is 0.677. The molecule has 7 nitrogen and oxygen atoms in total. The molecule has 3 aromatic rings. The summed E-state index contributed by atoms with van der Waals surface area (Å²) >= 11 is 0. The average Bonchev–Trinajstić information content (AvgIpc) is 3.51. The predicted molar refractivity (Wildman–Crippen MR) is 128 cm³/mol. The Kier molecular flexibility index (Phi) is 4.92. The van der Waals surface area contributed by atoms with Crippen LogP contribution in [0.3, 0.4) is 0 Å².